The molecule has 0 radical (unpaired) electrons. The van der Waals surface area contributed by atoms with Crippen molar-refractivity contribution in [3.8, 4) is 0 Å². The van der Waals surface area contributed by atoms with Gasteiger partial charge in [-0.05, 0) is 71.9 Å². The maximum atomic E-state index is 14.5. The summed E-state index contributed by atoms with van der Waals surface area (Å²) in [6.07, 6.45) is 3.16. The minimum Gasteiger partial charge on any atom is -0.368 e. The Balaban J connectivity index is 1.43. The van der Waals surface area contributed by atoms with Crippen LogP contribution in [0.15, 0.2) is 109 Å². The summed E-state index contributed by atoms with van der Waals surface area (Å²) in [6, 6.07) is 30.0. The predicted octanol–water partition coefficient (Wildman–Crippen LogP) is 8.75. The summed E-state index contributed by atoms with van der Waals surface area (Å²) in [5.41, 5.74) is 5.10. The first-order valence-corrected chi connectivity index (χ1v) is 17.5. The standard InChI is InChI=1S/C42H46F3N3O2/c1-3-4-6-12-33-16-18-36(19-17-33)31-48(40(49)25-22-34-20-23-37(24-21-34)42(43,44)45)39(30-35-13-7-5-8-14-35)41(50)47-28-26-46(27-29-47)38-15-10-9-11-32(38)2/h5,7-11,13-25,39H,3-4,6,12,26-31H2,1-2H3/t39-/m0/s1. The number of alkyl halides is 3. The molecule has 1 aliphatic rings. The summed E-state index contributed by atoms with van der Waals surface area (Å²) >= 11 is 0. The molecule has 0 bridgehead atoms. The number of carbonyl (C=O) groups excluding carboxylic acids is 2. The van der Waals surface area contributed by atoms with Gasteiger partial charge in [0.1, 0.15) is 6.04 Å². The van der Waals surface area contributed by atoms with Gasteiger partial charge in [0, 0.05) is 50.9 Å². The van der Waals surface area contributed by atoms with E-state index in [1.807, 2.05) is 59.5 Å². The summed E-state index contributed by atoms with van der Waals surface area (Å²) < 4.78 is 39.5. The molecule has 50 heavy (non-hydrogen) atoms. The van der Waals surface area contributed by atoms with E-state index < -0.39 is 17.8 Å². The number of amides is 2. The fourth-order valence-electron chi connectivity index (χ4n) is 6.44. The number of carbonyl (C=O) groups is 2. The maximum absolute atomic E-state index is 14.5. The van der Waals surface area contributed by atoms with Crippen LogP contribution in [0.3, 0.4) is 0 Å². The van der Waals surface area contributed by atoms with Crippen LogP contribution in [0.1, 0.15) is 59.6 Å². The fourth-order valence-corrected chi connectivity index (χ4v) is 6.44. The smallest absolute Gasteiger partial charge is 0.368 e. The molecule has 0 aromatic heterocycles. The van der Waals surface area contributed by atoms with E-state index in [1.165, 1.54) is 35.4 Å². The zero-order valence-electron chi connectivity index (χ0n) is 28.9. The van der Waals surface area contributed by atoms with E-state index in [9.17, 15) is 22.8 Å². The second-order valence-electron chi connectivity index (χ2n) is 13.0. The number of nitrogens with zero attached hydrogens (tertiary/aromatic N) is 3. The third-order valence-electron chi connectivity index (χ3n) is 9.36. The Kier molecular flexibility index (Phi) is 12.5. The van der Waals surface area contributed by atoms with Crippen LogP contribution >= 0.6 is 0 Å². The molecule has 0 spiro atoms. The molecule has 1 aliphatic heterocycles. The quantitative estimate of drug-likeness (QED) is 0.105. The first kappa shape index (κ1) is 36.4. The van der Waals surface area contributed by atoms with Gasteiger partial charge in [-0.15, -0.1) is 0 Å². The van der Waals surface area contributed by atoms with E-state index in [-0.39, 0.29) is 18.4 Å². The average molecular weight is 682 g/mol. The molecule has 0 N–H and O–H groups in total. The lowest BCUT2D eigenvalue weighted by atomic mass is 10.0. The summed E-state index contributed by atoms with van der Waals surface area (Å²) in [6.45, 7) is 6.87. The lowest BCUT2D eigenvalue weighted by molar-refractivity contribution is -0.144. The molecule has 1 atom stereocenters. The molecule has 0 saturated carbocycles. The summed E-state index contributed by atoms with van der Waals surface area (Å²) in [7, 11) is 0. The van der Waals surface area contributed by atoms with Crippen LogP contribution in [-0.4, -0.2) is 53.8 Å². The number of unbranched alkanes of at least 4 members (excludes halogenated alkanes) is 2. The van der Waals surface area contributed by atoms with Crippen molar-refractivity contribution in [2.75, 3.05) is 31.1 Å². The minimum atomic E-state index is -4.45. The third kappa shape index (κ3) is 9.87. The second kappa shape index (κ2) is 17.2. The van der Waals surface area contributed by atoms with E-state index >= 15 is 0 Å². The van der Waals surface area contributed by atoms with Crippen molar-refractivity contribution >= 4 is 23.6 Å². The largest absolute Gasteiger partial charge is 0.416 e. The molecule has 262 valence electrons. The number of hydrogen-bond acceptors (Lipinski definition) is 3. The van der Waals surface area contributed by atoms with Crippen LogP contribution < -0.4 is 4.90 Å². The van der Waals surface area contributed by atoms with Gasteiger partial charge in [-0.1, -0.05) is 105 Å². The number of piperazine rings is 1. The van der Waals surface area contributed by atoms with Gasteiger partial charge >= 0.3 is 6.18 Å². The molecule has 4 aromatic carbocycles. The number of aryl methyl sites for hydroxylation is 2. The van der Waals surface area contributed by atoms with Gasteiger partial charge in [0.15, 0.2) is 0 Å². The third-order valence-corrected chi connectivity index (χ3v) is 9.36. The average Bonchev–Trinajstić information content (AvgIpc) is 3.13. The molecule has 5 nitrogen and oxygen atoms in total. The lowest BCUT2D eigenvalue weighted by Crippen LogP contribution is -2.56. The van der Waals surface area contributed by atoms with Gasteiger partial charge in [-0.25, -0.2) is 0 Å². The van der Waals surface area contributed by atoms with Crippen LogP contribution in [-0.2, 0) is 35.2 Å². The molecule has 1 saturated heterocycles. The van der Waals surface area contributed by atoms with Crippen molar-refractivity contribution in [3.05, 3.63) is 143 Å². The topological polar surface area (TPSA) is 43.9 Å². The van der Waals surface area contributed by atoms with Crippen molar-refractivity contribution in [2.45, 2.75) is 64.7 Å². The van der Waals surface area contributed by atoms with Crippen LogP contribution in [0.2, 0.25) is 0 Å². The molecule has 0 aliphatic carbocycles. The zero-order valence-corrected chi connectivity index (χ0v) is 28.9. The minimum absolute atomic E-state index is 0.120. The van der Waals surface area contributed by atoms with E-state index in [2.05, 4.69) is 43.0 Å². The number of para-hydroxylation sites is 1. The Morgan fingerprint density at radius 3 is 2.06 bits per heavy atom. The van der Waals surface area contributed by atoms with Crippen molar-refractivity contribution in [1.29, 1.82) is 0 Å². The Morgan fingerprint density at radius 2 is 1.42 bits per heavy atom. The van der Waals surface area contributed by atoms with Gasteiger partial charge < -0.3 is 14.7 Å². The number of rotatable bonds is 13. The molecule has 0 unspecified atom stereocenters. The molecule has 1 fully saturated rings. The fraction of sp³-hybridized carbons (Fsp3) is 0.333. The Morgan fingerprint density at radius 1 is 0.780 bits per heavy atom. The molecule has 1 heterocycles. The molecule has 4 aromatic rings. The van der Waals surface area contributed by atoms with Crippen molar-refractivity contribution in [2.24, 2.45) is 0 Å². The van der Waals surface area contributed by atoms with Crippen molar-refractivity contribution in [3.63, 3.8) is 0 Å². The van der Waals surface area contributed by atoms with Crippen molar-refractivity contribution < 1.29 is 22.8 Å². The number of hydrogen-bond donors (Lipinski definition) is 0. The highest BCUT2D eigenvalue weighted by Gasteiger charge is 2.34. The Labute approximate surface area is 294 Å². The maximum Gasteiger partial charge on any atom is 0.416 e. The first-order chi connectivity index (χ1) is 24.1. The monoisotopic (exact) mass is 681 g/mol. The molecule has 5 rings (SSSR count). The molecule has 2 amide bonds. The number of halogens is 3. The molecule has 8 heteroatoms. The number of benzene rings is 4. The molecular formula is C42H46F3N3O2. The van der Waals surface area contributed by atoms with Gasteiger partial charge in [-0.2, -0.15) is 13.2 Å². The highest BCUT2D eigenvalue weighted by Crippen LogP contribution is 2.29. The van der Waals surface area contributed by atoms with Gasteiger partial charge in [0.2, 0.25) is 11.8 Å². The van der Waals surface area contributed by atoms with Gasteiger partial charge in [0.25, 0.3) is 0 Å². The number of anilines is 1. The van der Waals surface area contributed by atoms with Gasteiger partial charge in [-0.3, -0.25) is 9.59 Å². The second-order valence-corrected chi connectivity index (χ2v) is 13.0. The van der Waals surface area contributed by atoms with E-state index in [1.54, 1.807) is 4.90 Å². The Hall–Kier alpha value is -4.85. The van der Waals surface area contributed by atoms with E-state index in [0.717, 1.165) is 54.6 Å². The normalized spacial score (nSPS) is 14.2. The first-order valence-electron chi connectivity index (χ1n) is 17.5. The molecular weight excluding hydrogens is 635 g/mol. The summed E-state index contributed by atoms with van der Waals surface area (Å²) in [5.74, 6) is -0.504. The van der Waals surface area contributed by atoms with Crippen LogP contribution in [0.25, 0.3) is 6.08 Å². The lowest BCUT2D eigenvalue weighted by Gasteiger charge is -2.40. The van der Waals surface area contributed by atoms with Crippen LogP contribution in [0.4, 0.5) is 18.9 Å². The van der Waals surface area contributed by atoms with Gasteiger partial charge in [0.05, 0.1) is 5.56 Å². The SMILES string of the molecule is CCCCCc1ccc(CN(C(=O)C=Cc2ccc(C(F)(F)F)cc2)[C@@H](Cc2ccccc2)C(=O)N2CCN(c3ccccc3C)CC2)cc1. The van der Waals surface area contributed by atoms with E-state index in [0.29, 0.717) is 38.2 Å². The summed E-state index contributed by atoms with van der Waals surface area (Å²) in [5, 5.41) is 0. The zero-order chi connectivity index (χ0) is 35.5. The van der Waals surface area contributed by atoms with Crippen LogP contribution in [0.5, 0.6) is 0 Å². The van der Waals surface area contributed by atoms with Crippen molar-refractivity contribution in [1.82, 2.24) is 9.80 Å². The highest BCUT2D eigenvalue weighted by molar-refractivity contribution is 5.96. The van der Waals surface area contributed by atoms with E-state index in [4.69, 9.17) is 0 Å². The van der Waals surface area contributed by atoms with Crippen LogP contribution in [0, 0.1) is 6.92 Å². The summed E-state index contributed by atoms with van der Waals surface area (Å²) in [4.78, 5) is 34.5. The highest BCUT2D eigenvalue weighted by atomic mass is 19.4. The predicted molar refractivity (Wildman–Crippen MR) is 195 cm³/mol. The Bertz CT molecular complexity index is 1710.